The van der Waals surface area contributed by atoms with Gasteiger partial charge >= 0.3 is 0 Å². The molecule has 32 heavy (non-hydrogen) atoms. The molecule has 0 aromatic carbocycles. The maximum atomic E-state index is 12.1. The summed E-state index contributed by atoms with van der Waals surface area (Å²) in [6.45, 7) is 4.35. The van der Waals surface area contributed by atoms with Crippen LogP contribution in [0.15, 0.2) is 29.5 Å². The van der Waals surface area contributed by atoms with Crippen molar-refractivity contribution in [1.29, 1.82) is 0 Å². The number of piperidine rings is 1. The predicted molar refractivity (Wildman–Crippen MR) is 132 cm³/mol. The molecule has 2 heterocycles. The Morgan fingerprint density at radius 3 is 2.41 bits per heavy atom. The summed E-state index contributed by atoms with van der Waals surface area (Å²) < 4.78 is 0. The predicted octanol–water partition coefficient (Wildman–Crippen LogP) is 3.23. The molecular formula is C25H42N6O. The lowest BCUT2D eigenvalue weighted by molar-refractivity contribution is -0.127. The van der Waals surface area contributed by atoms with Crippen molar-refractivity contribution in [2.24, 2.45) is 16.8 Å². The molecule has 0 atom stereocenters. The fraction of sp³-hybridized carbons (Fsp3) is 0.720. The molecule has 1 N–H and O–H groups in total. The maximum Gasteiger partial charge on any atom is 0.243 e. The number of likely N-dealkylation sites (N-methyl/N-ethyl adjacent to an activating group) is 1. The van der Waals surface area contributed by atoms with E-state index < -0.39 is 0 Å². The van der Waals surface area contributed by atoms with Crippen molar-refractivity contribution in [3.05, 3.63) is 24.5 Å². The molecule has 0 spiro atoms. The van der Waals surface area contributed by atoms with Crippen LogP contribution in [0.3, 0.4) is 0 Å². The number of carbonyl (C=O) groups excluding carboxylic acids is 1. The van der Waals surface area contributed by atoms with Crippen molar-refractivity contribution in [3.63, 3.8) is 0 Å². The van der Waals surface area contributed by atoms with Gasteiger partial charge in [-0.3, -0.25) is 9.78 Å². The highest BCUT2D eigenvalue weighted by Crippen LogP contribution is 2.25. The van der Waals surface area contributed by atoms with Crippen molar-refractivity contribution in [3.8, 4) is 0 Å². The van der Waals surface area contributed by atoms with E-state index in [4.69, 9.17) is 0 Å². The molecule has 1 aromatic heterocycles. The van der Waals surface area contributed by atoms with Gasteiger partial charge in [-0.05, 0) is 56.1 Å². The van der Waals surface area contributed by atoms with E-state index >= 15 is 0 Å². The monoisotopic (exact) mass is 442 g/mol. The average Bonchev–Trinajstić information content (AvgIpc) is 2.84. The number of hydrogen-bond acceptors (Lipinski definition) is 4. The average molecular weight is 443 g/mol. The Kier molecular flexibility index (Phi) is 9.62. The van der Waals surface area contributed by atoms with Crippen molar-refractivity contribution in [2.45, 2.75) is 51.4 Å². The van der Waals surface area contributed by atoms with Crippen LogP contribution < -0.4 is 10.2 Å². The minimum atomic E-state index is 0.0406. The molecule has 1 saturated heterocycles. The number of nitrogens with one attached hydrogen (secondary N) is 1. The SMILES string of the molecule is CN(C)C(=O)CN=C(NCC1CCCCC1)N(C)CCC1CCN(c2ccncc2)CC1. The fourth-order valence-corrected chi connectivity index (χ4v) is 4.74. The van der Waals surface area contributed by atoms with Crippen molar-refractivity contribution in [1.82, 2.24) is 20.1 Å². The van der Waals surface area contributed by atoms with Gasteiger partial charge in [0.2, 0.25) is 5.91 Å². The summed E-state index contributed by atoms with van der Waals surface area (Å²) in [6, 6.07) is 4.20. The number of aromatic nitrogens is 1. The standard InChI is InChI=1S/C25H42N6O/c1-29(2)24(32)20-28-25(27-19-22-7-5-4-6-8-22)30(3)16-11-21-12-17-31(18-13-21)23-9-14-26-15-10-23/h9-10,14-15,21-22H,4-8,11-13,16-20H2,1-3H3,(H,27,28). The Bertz CT molecular complexity index is 708. The number of pyridine rings is 1. The molecule has 0 unspecified atom stereocenters. The Morgan fingerprint density at radius 2 is 1.75 bits per heavy atom. The van der Waals surface area contributed by atoms with Crippen LogP contribution in [0.5, 0.6) is 0 Å². The highest BCUT2D eigenvalue weighted by Gasteiger charge is 2.21. The van der Waals surface area contributed by atoms with Gasteiger partial charge in [-0.25, -0.2) is 4.99 Å². The lowest BCUT2D eigenvalue weighted by Gasteiger charge is -2.34. The first-order chi connectivity index (χ1) is 15.5. The zero-order chi connectivity index (χ0) is 22.8. The molecule has 1 aliphatic heterocycles. The normalized spacial score (nSPS) is 18.5. The Balaban J connectivity index is 1.48. The summed E-state index contributed by atoms with van der Waals surface area (Å²) in [7, 11) is 5.68. The van der Waals surface area contributed by atoms with Crippen LogP contribution in [0.4, 0.5) is 5.69 Å². The highest BCUT2D eigenvalue weighted by atomic mass is 16.2. The Labute approximate surface area is 194 Å². The number of rotatable bonds is 8. The third kappa shape index (κ3) is 7.68. The van der Waals surface area contributed by atoms with Gasteiger partial charge in [-0.2, -0.15) is 0 Å². The number of aliphatic imine (C=N–C) groups is 1. The number of nitrogens with zero attached hydrogens (tertiary/aromatic N) is 5. The summed E-state index contributed by atoms with van der Waals surface area (Å²) in [5, 5.41) is 3.59. The molecular weight excluding hydrogens is 400 g/mol. The molecule has 7 nitrogen and oxygen atoms in total. The lowest BCUT2D eigenvalue weighted by Crippen LogP contribution is -2.43. The molecule has 2 fully saturated rings. The summed E-state index contributed by atoms with van der Waals surface area (Å²) in [5.74, 6) is 2.38. The van der Waals surface area contributed by atoms with Crippen LogP contribution in [-0.2, 0) is 4.79 Å². The van der Waals surface area contributed by atoms with E-state index in [9.17, 15) is 4.79 Å². The topological polar surface area (TPSA) is 64.1 Å². The maximum absolute atomic E-state index is 12.1. The number of carbonyl (C=O) groups is 1. The zero-order valence-electron chi connectivity index (χ0n) is 20.3. The molecule has 1 aromatic rings. The van der Waals surface area contributed by atoms with Crippen LogP contribution >= 0.6 is 0 Å². The van der Waals surface area contributed by atoms with E-state index in [2.05, 4.69) is 44.3 Å². The summed E-state index contributed by atoms with van der Waals surface area (Å²) in [5.41, 5.74) is 1.28. The number of hydrogen-bond donors (Lipinski definition) is 1. The van der Waals surface area contributed by atoms with Gasteiger partial charge in [0, 0.05) is 65.4 Å². The van der Waals surface area contributed by atoms with Crippen molar-refractivity contribution in [2.75, 3.05) is 58.8 Å². The Hall–Kier alpha value is -2.31. The second-order valence-electron chi connectivity index (χ2n) is 9.66. The van der Waals surface area contributed by atoms with Gasteiger partial charge in [0.05, 0.1) is 0 Å². The van der Waals surface area contributed by atoms with Gasteiger partial charge in [0.15, 0.2) is 5.96 Å². The van der Waals surface area contributed by atoms with Crippen molar-refractivity contribution >= 4 is 17.6 Å². The minimum Gasteiger partial charge on any atom is -0.371 e. The van der Waals surface area contributed by atoms with Gasteiger partial charge in [0.25, 0.3) is 0 Å². The molecule has 7 heteroatoms. The first-order valence-corrected chi connectivity index (χ1v) is 12.4. The number of amides is 1. The number of anilines is 1. The van der Waals surface area contributed by atoms with Crippen molar-refractivity contribution < 1.29 is 4.79 Å². The molecule has 0 bridgehead atoms. The molecule has 1 amide bonds. The largest absolute Gasteiger partial charge is 0.371 e. The van der Waals surface area contributed by atoms with Crippen LogP contribution in [-0.4, -0.2) is 80.5 Å². The second kappa shape index (κ2) is 12.7. The van der Waals surface area contributed by atoms with Gasteiger partial charge in [0.1, 0.15) is 6.54 Å². The van der Waals surface area contributed by atoms with E-state index in [0.717, 1.165) is 50.4 Å². The van der Waals surface area contributed by atoms with E-state index in [1.165, 1.54) is 50.6 Å². The van der Waals surface area contributed by atoms with Crippen LogP contribution in [0.1, 0.15) is 51.4 Å². The number of guanidine groups is 1. The first kappa shape index (κ1) is 24.3. The molecule has 178 valence electrons. The lowest BCUT2D eigenvalue weighted by atomic mass is 9.89. The van der Waals surface area contributed by atoms with Crippen LogP contribution in [0.25, 0.3) is 0 Å². The van der Waals surface area contributed by atoms with Gasteiger partial charge in [-0.15, -0.1) is 0 Å². The molecule has 3 rings (SSSR count). The van der Waals surface area contributed by atoms with Crippen LogP contribution in [0.2, 0.25) is 0 Å². The molecule has 1 saturated carbocycles. The third-order valence-electron chi connectivity index (χ3n) is 7.01. The van der Waals surface area contributed by atoms with Crippen LogP contribution in [0, 0.1) is 11.8 Å². The minimum absolute atomic E-state index is 0.0406. The van der Waals surface area contributed by atoms with Gasteiger partial charge in [-0.1, -0.05) is 19.3 Å². The summed E-state index contributed by atoms with van der Waals surface area (Å²) in [4.78, 5) is 27.2. The van der Waals surface area contributed by atoms with E-state index in [-0.39, 0.29) is 12.5 Å². The quantitative estimate of drug-likeness (QED) is 0.495. The van der Waals surface area contributed by atoms with E-state index in [0.29, 0.717) is 0 Å². The molecule has 0 radical (unpaired) electrons. The molecule has 2 aliphatic rings. The molecule has 1 aliphatic carbocycles. The van der Waals surface area contributed by atoms with E-state index in [1.807, 2.05) is 12.4 Å². The first-order valence-electron chi connectivity index (χ1n) is 12.4. The summed E-state index contributed by atoms with van der Waals surface area (Å²) in [6.07, 6.45) is 14.0. The highest BCUT2D eigenvalue weighted by molar-refractivity contribution is 5.84. The fourth-order valence-electron chi connectivity index (χ4n) is 4.74. The summed E-state index contributed by atoms with van der Waals surface area (Å²) >= 11 is 0. The zero-order valence-corrected chi connectivity index (χ0v) is 20.3. The smallest absolute Gasteiger partial charge is 0.243 e. The second-order valence-corrected chi connectivity index (χ2v) is 9.66. The van der Waals surface area contributed by atoms with Gasteiger partial charge < -0.3 is 20.0 Å². The Morgan fingerprint density at radius 1 is 1.06 bits per heavy atom. The van der Waals surface area contributed by atoms with E-state index in [1.54, 1.807) is 19.0 Å². The third-order valence-corrected chi connectivity index (χ3v) is 7.01.